The van der Waals surface area contributed by atoms with Gasteiger partial charge in [0.1, 0.15) is 0 Å². The summed E-state index contributed by atoms with van der Waals surface area (Å²) in [5, 5.41) is 18.0. The van der Waals surface area contributed by atoms with Crippen molar-refractivity contribution >= 4 is 17.9 Å². The van der Waals surface area contributed by atoms with Crippen LogP contribution in [0.25, 0.3) is 0 Å². The number of hydrogen-bond acceptors (Lipinski definition) is 7. The number of hydrogen-bond donors (Lipinski definition) is 3. The second-order valence-electron chi connectivity index (χ2n) is 2.76. The highest BCUT2D eigenvalue weighted by atomic mass is 16.7. The van der Waals surface area contributed by atoms with E-state index < -0.39 is 36.4 Å². The average Bonchev–Trinajstić information content (AvgIpc) is 2.14. The summed E-state index contributed by atoms with van der Waals surface area (Å²) in [4.78, 5) is 35.8. The van der Waals surface area contributed by atoms with E-state index in [0.717, 1.165) is 7.11 Å². The van der Waals surface area contributed by atoms with Gasteiger partial charge in [0.05, 0.1) is 20.0 Å². The van der Waals surface area contributed by atoms with E-state index in [1.165, 1.54) is 0 Å². The molecule has 0 aliphatic carbocycles. The van der Waals surface area contributed by atoms with E-state index in [1.54, 1.807) is 0 Å². The molecular formula is C7H11NO7. The average molecular weight is 221 g/mol. The Kier molecular flexibility index (Phi) is 4.68. The Bertz CT molecular complexity index is 277. The minimum absolute atomic E-state index is 0.886. The van der Waals surface area contributed by atoms with Crippen LogP contribution in [0.4, 0.5) is 0 Å². The van der Waals surface area contributed by atoms with Crippen LogP contribution in [0.3, 0.4) is 0 Å². The normalized spacial score (nSPS) is 13.8. The van der Waals surface area contributed by atoms with Gasteiger partial charge in [-0.1, -0.05) is 0 Å². The number of carbonyl (C=O) groups is 3. The van der Waals surface area contributed by atoms with E-state index in [1.807, 2.05) is 0 Å². The van der Waals surface area contributed by atoms with Gasteiger partial charge in [0.25, 0.3) is 0 Å². The molecule has 1 atom stereocenters. The fourth-order valence-corrected chi connectivity index (χ4v) is 0.927. The summed E-state index contributed by atoms with van der Waals surface area (Å²) >= 11 is 0. The molecule has 0 aromatic rings. The zero-order valence-corrected chi connectivity index (χ0v) is 7.93. The maximum Gasteiger partial charge on any atom is 0.339 e. The summed E-state index contributed by atoms with van der Waals surface area (Å²) in [6.45, 7) is 0. The first kappa shape index (κ1) is 13.3. The Morgan fingerprint density at radius 1 is 1.33 bits per heavy atom. The molecule has 15 heavy (non-hydrogen) atoms. The van der Waals surface area contributed by atoms with E-state index in [0.29, 0.717) is 0 Å². The number of nitrogens with two attached hydrogens (primary N) is 1. The van der Waals surface area contributed by atoms with E-state index in [-0.39, 0.29) is 0 Å². The quantitative estimate of drug-likeness (QED) is 0.364. The molecule has 0 spiro atoms. The van der Waals surface area contributed by atoms with Crippen LogP contribution in [0.5, 0.6) is 0 Å². The Morgan fingerprint density at radius 3 is 2.20 bits per heavy atom. The van der Waals surface area contributed by atoms with Gasteiger partial charge in [-0.3, -0.25) is 9.59 Å². The van der Waals surface area contributed by atoms with Crippen molar-refractivity contribution in [1.29, 1.82) is 0 Å². The summed E-state index contributed by atoms with van der Waals surface area (Å²) in [5.41, 5.74) is -2.46. The lowest BCUT2D eigenvalue weighted by Gasteiger charge is -2.21. The predicted octanol–water partition coefficient (Wildman–Crippen LogP) is -1.83. The lowest BCUT2D eigenvalue weighted by atomic mass is 9.96. The van der Waals surface area contributed by atoms with Gasteiger partial charge in [-0.05, 0) is 0 Å². The first-order chi connectivity index (χ1) is 6.85. The molecule has 0 aliphatic rings. The first-order valence-electron chi connectivity index (χ1n) is 3.78. The van der Waals surface area contributed by atoms with Gasteiger partial charge in [0, 0.05) is 0 Å². The van der Waals surface area contributed by atoms with Crippen LogP contribution in [0.2, 0.25) is 0 Å². The molecule has 0 aromatic heterocycles. The van der Waals surface area contributed by atoms with E-state index in [4.69, 9.17) is 5.11 Å². The standard InChI is InChI=1S/C7H11NO7/c1-14-6(12)7(13,2-4(9)10)3-5(11)15-8/h13H,2-3,8H2,1H3,(H,9,10). The highest BCUT2D eigenvalue weighted by molar-refractivity contribution is 5.89. The summed E-state index contributed by atoms with van der Waals surface area (Å²) < 4.78 is 4.16. The van der Waals surface area contributed by atoms with Crippen molar-refractivity contribution in [3.8, 4) is 0 Å². The fraction of sp³-hybridized carbons (Fsp3) is 0.571. The molecule has 86 valence electrons. The lowest BCUT2D eigenvalue weighted by molar-refractivity contribution is -0.174. The number of carboxylic acids is 1. The number of aliphatic hydroxyl groups is 1. The molecule has 1 unspecified atom stereocenters. The highest BCUT2D eigenvalue weighted by Gasteiger charge is 2.42. The molecule has 0 aliphatic heterocycles. The number of carbonyl (C=O) groups excluding carboxylic acids is 2. The molecule has 0 heterocycles. The largest absolute Gasteiger partial charge is 0.481 e. The van der Waals surface area contributed by atoms with Crippen LogP contribution < -0.4 is 5.90 Å². The maximum atomic E-state index is 11.0. The third-order valence-corrected chi connectivity index (χ3v) is 1.58. The first-order valence-corrected chi connectivity index (χ1v) is 3.78. The topological polar surface area (TPSA) is 136 Å². The molecule has 0 aromatic carbocycles. The fourth-order valence-electron chi connectivity index (χ4n) is 0.927. The minimum atomic E-state index is -2.46. The second-order valence-corrected chi connectivity index (χ2v) is 2.76. The Balaban J connectivity index is 4.76. The van der Waals surface area contributed by atoms with E-state index in [9.17, 15) is 19.5 Å². The second kappa shape index (κ2) is 5.27. The molecule has 0 saturated heterocycles. The molecule has 8 nitrogen and oxygen atoms in total. The number of aliphatic carboxylic acids is 1. The predicted molar refractivity (Wildman–Crippen MR) is 44.1 cm³/mol. The van der Waals surface area contributed by atoms with Gasteiger partial charge in [-0.2, -0.15) is 5.90 Å². The number of rotatable bonds is 5. The molecular weight excluding hydrogens is 210 g/mol. The van der Waals surface area contributed by atoms with Gasteiger partial charge < -0.3 is 19.8 Å². The molecule has 0 amide bonds. The van der Waals surface area contributed by atoms with Gasteiger partial charge in [0.15, 0.2) is 5.60 Å². The van der Waals surface area contributed by atoms with Crippen LogP contribution in [0.1, 0.15) is 12.8 Å². The van der Waals surface area contributed by atoms with E-state index in [2.05, 4.69) is 15.5 Å². The van der Waals surface area contributed by atoms with Crippen molar-refractivity contribution in [3.63, 3.8) is 0 Å². The zero-order chi connectivity index (χ0) is 12.1. The minimum Gasteiger partial charge on any atom is -0.481 e. The van der Waals surface area contributed by atoms with Crippen molar-refractivity contribution in [2.45, 2.75) is 18.4 Å². The summed E-state index contributed by atoms with van der Waals surface area (Å²) in [5.74, 6) is 0.665. The van der Waals surface area contributed by atoms with Gasteiger partial charge >= 0.3 is 17.9 Å². The Labute approximate surface area is 84.5 Å². The molecule has 8 heteroatoms. The van der Waals surface area contributed by atoms with Crippen LogP contribution in [0.15, 0.2) is 0 Å². The third-order valence-electron chi connectivity index (χ3n) is 1.58. The van der Waals surface area contributed by atoms with E-state index >= 15 is 0 Å². The number of methoxy groups -OCH3 is 1. The molecule has 0 saturated carbocycles. The van der Waals surface area contributed by atoms with Crippen LogP contribution >= 0.6 is 0 Å². The molecule has 0 radical (unpaired) electrons. The van der Waals surface area contributed by atoms with Gasteiger partial charge in [0.2, 0.25) is 0 Å². The van der Waals surface area contributed by atoms with Crippen molar-refractivity contribution < 1.29 is 34.2 Å². The number of esters is 1. The Morgan fingerprint density at radius 2 is 1.87 bits per heavy atom. The van der Waals surface area contributed by atoms with Gasteiger partial charge in [-0.25, -0.2) is 4.79 Å². The van der Waals surface area contributed by atoms with Crippen molar-refractivity contribution in [2.24, 2.45) is 5.90 Å². The van der Waals surface area contributed by atoms with Crippen LogP contribution in [-0.2, 0) is 24.0 Å². The van der Waals surface area contributed by atoms with Gasteiger partial charge in [-0.15, -0.1) is 0 Å². The van der Waals surface area contributed by atoms with Crippen LogP contribution in [-0.4, -0.2) is 40.8 Å². The highest BCUT2D eigenvalue weighted by Crippen LogP contribution is 2.18. The smallest absolute Gasteiger partial charge is 0.339 e. The summed E-state index contributed by atoms with van der Waals surface area (Å²) in [6, 6.07) is 0. The summed E-state index contributed by atoms with van der Waals surface area (Å²) in [7, 11) is 0.947. The van der Waals surface area contributed by atoms with Crippen molar-refractivity contribution in [2.75, 3.05) is 7.11 Å². The number of carboxylic acid groups (broad SMARTS) is 1. The molecule has 0 fully saturated rings. The Hall–Kier alpha value is -1.67. The third kappa shape index (κ3) is 3.92. The monoisotopic (exact) mass is 221 g/mol. The zero-order valence-electron chi connectivity index (χ0n) is 7.93. The molecule has 4 N–H and O–H groups in total. The summed E-state index contributed by atoms with van der Waals surface area (Å²) in [6.07, 6.45) is -1.86. The van der Waals surface area contributed by atoms with Crippen LogP contribution in [0, 0.1) is 0 Å². The molecule has 0 bridgehead atoms. The maximum absolute atomic E-state index is 11.0. The van der Waals surface area contributed by atoms with Crippen molar-refractivity contribution in [3.05, 3.63) is 0 Å². The van der Waals surface area contributed by atoms with Crippen molar-refractivity contribution in [1.82, 2.24) is 0 Å². The lowest BCUT2D eigenvalue weighted by Crippen LogP contribution is -2.44. The SMILES string of the molecule is COC(=O)C(O)(CC(=O)O)CC(=O)ON. The molecule has 0 rings (SSSR count). The number of ether oxygens (including phenoxy) is 1.